The van der Waals surface area contributed by atoms with E-state index in [4.69, 9.17) is 4.74 Å². The first kappa shape index (κ1) is 13.2. The predicted octanol–water partition coefficient (Wildman–Crippen LogP) is 1.94. The third kappa shape index (κ3) is 2.31. The first-order chi connectivity index (χ1) is 10.8. The van der Waals surface area contributed by atoms with E-state index >= 15 is 0 Å². The fourth-order valence-electron chi connectivity index (χ4n) is 2.66. The Bertz CT molecular complexity index is 793. The van der Waals surface area contributed by atoms with Gasteiger partial charge < -0.3 is 9.64 Å². The number of benzene rings is 1. The molecule has 0 radical (unpaired) electrons. The van der Waals surface area contributed by atoms with Crippen LogP contribution in [0.3, 0.4) is 0 Å². The summed E-state index contributed by atoms with van der Waals surface area (Å²) in [6.45, 7) is 5.11. The minimum atomic E-state index is 0.639. The van der Waals surface area contributed by atoms with Gasteiger partial charge in [0.2, 0.25) is 5.95 Å². The van der Waals surface area contributed by atoms with Gasteiger partial charge in [-0.3, -0.25) is 0 Å². The molecule has 3 aromatic rings. The van der Waals surface area contributed by atoms with E-state index in [1.54, 1.807) is 4.52 Å². The smallest absolute Gasteiger partial charge is 0.254 e. The maximum Gasteiger partial charge on any atom is 0.254 e. The second-order valence-electron chi connectivity index (χ2n) is 5.37. The number of rotatable bonds is 2. The number of fused-ring (bicyclic) bond motifs is 1. The zero-order valence-corrected chi connectivity index (χ0v) is 12.4. The lowest BCUT2D eigenvalue weighted by molar-refractivity contribution is 0.122. The highest BCUT2D eigenvalue weighted by Gasteiger charge is 2.17. The maximum absolute atomic E-state index is 5.38. The third-order valence-corrected chi connectivity index (χ3v) is 3.84. The second kappa shape index (κ2) is 5.38. The van der Waals surface area contributed by atoms with Gasteiger partial charge in [0, 0.05) is 24.3 Å². The van der Waals surface area contributed by atoms with Crippen molar-refractivity contribution in [1.29, 1.82) is 0 Å². The van der Waals surface area contributed by atoms with Crippen molar-refractivity contribution >= 4 is 11.7 Å². The van der Waals surface area contributed by atoms with Gasteiger partial charge in [-0.2, -0.15) is 9.50 Å². The molecule has 3 heterocycles. The summed E-state index contributed by atoms with van der Waals surface area (Å²) in [5.74, 6) is 1.37. The zero-order valence-electron chi connectivity index (χ0n) is 12.4. The highest BCUT2D eigenvalue weighted by atomic mass is 16.5. The highest BCUT2D eigenvalue weighted by molar-refractivity contribution is 5.61. The SMILES string of the molecule is Cc1cc(-c2ccccc2)nc2nc(N3CCOCC3)nn12. The van der Waals surface area contributed by atoms with Crippen LogP contribution in [-0.2, 0) is 4.74 Å². The monoisotopic (exact) mass is 295 g/mol. The number of aromatic nitrogens is 4. The topological polar surface area (TPSA) is 55.5 Å². The summed E-state index contributed by atoms with van der Waals surface area (Å²) >= 11 is 0. The van der Waals surface area contributed by atoms with Crippen LogP contribution in [0.25, 0.3) is 17.0 Å². The van der Waals surface area contributed by atoms with Gasteiger partial charge in [0.15, 0.2) is 0 Å². The number of morpholine rings is 1. The van der Waals surface area contributed by atoms with Crippen molar-refractivity contribution in [2.45, 2.75) is 6.92 Å². The third-order valence-electron chi connectivity index (χ3n) is 3.84. The molecule has 0 amide bonds. The first-order valence-electron chi connectivity index (χ1n) is 7.44. The Kier molecular flexibility index (Phi) is 3.23. The fraction of sp³-hybridized carbons (Fsp3) is 0.312. The van der Waals surface area contributed by atoms with Crippen molar-refractivity contribution in [1.82, 2.24) is 19.6 Å². The molecule has 1 aliphatic rings. The highest BCUT2D eigenvalue weighted by Crippen LogP contribution is 2.20. The Balaban J connectivity index is 1.77. The maximum atomic E-state index is 5.38. The van der Waals surface area contributed by atoms with Gasteiger partial charge in [0.1, 0.15) is 0 Å². The van der Waals surface area contributed by atoms with Crippen molar-refractivity contribution in [3.8, 4) is 11.3 Å². The molecule has 112 valence electrons. The molecular formula is C16H17N5O. The van der Waals surface area contributed by atoms with Gasteiger partial charge in [0.05, 0.1) is 18.9 Å². The average Bonchev–Trinajstić information content (AvgIpc) is 3.01. The van der Waals surface area contributed by atoms with Crippen LogP contribution >= 0.6 is 0 Å². The van der Waals surface area contributed by atoms with Crippen LogP contribution in [0, 0.1) is 6.92 Å². The lowest BCUT2D eigenvalue weighted by Gasteiger charge is -2.25. The van der Waals surface area contributed by atoms with Crippen LogP contribution in [0.4, 0.5) is 5.95 Å². The summed E-state index contributed by atoms with van der Waals surface area (Å²) in [4.78, 5) is 11.4. The van der Waals surface area contributed by atoms with E-state index in [0.717, 1.165) is 49.2 Å². The molecule has 1 aliphatic heterocycles. The molecule has 0 bridgehead atoms. The average molecular weight is 295 g/mol. The largest absolute Gasteiger partial charge is 0.378 e. The number of ether oxygens (including phenoxy) is 1. The van der Waals surface area contributed by atoms with Crippen molar-refractivity contribution in [2.75, 3.05) is 31.2 Å². The van der Waals surface area contributed by atoms with Gasteiger partial charge in [-0.1, -0.05) is 30.3 Å². The Morgan fingerprint density at radius 3 is 2.59 bits per heavy atom. The van der Waals surface area contributed by atoms with Crippen molar-refractivity contribution in [3.05, 3.63) is 42.1 Å². The molecule has 1 aromatic carbocycles. The lowest BCUT2D eigenvalue weighted by atomic mass is 10.1. The quantitative estimate of drug-likeness (QED) is 0.723. The summed E-state index contributed by atoms with van der Waals surface area (Å²) in [7, 11) is 0. The molecule has 6 nitrogen and oxygen atoms in total. The number of hydrogen-bond acceptors (Lipinski definition) is 5. The van der Waals surface area contributed by atoms with E-state index in [2.05, 4.69) is 32.1 Å². The van der Waals surface area contributed by atoms with E-state index in [-0.39, 0.29) is 0 Å². The van der Waals surface area contributed by atoms with E-state index < -0.39 is 0 Å². The standard InChI is InChI=1S/C16H17N5O/c1-12-11-14(13-5-3-2-4-6-13)17-15-18-16(19-21(12)15)20-7-9-22-10-8-20/h2-6,11H,7-10H2,1H3. The van der Waals surface area contributed by atoms with E-state index in [0.29, 0.717) is 5.78 Å². The molecule has 6 heteroatoms. The minimum absolute atomic E-state index is 0.639. The number of nitrogens with zero attached hydrogens (tertiary/aromatic N) is 5. The van der Waals surface area contributed by atoms with Crippen LogP contribution in [0.2, 0.25) is 0 Å². The Morgan fingerprint density at radius 2 is 1.82 bits per heavy atom. The number of hydrogen-bond donors (Lipinski definition) is 0. The molecule has 0 saturated carbocycles. The van der Waals surface area contributed by atoms with Crippen LogP contribution in [0.1, 0.15) is 5.69 Å². The summed E-state index contributed by atoms with van der Waals surface area (Å²) in [6.07, 6.45) is 0. The van der Waals surface area contributed by atoms with Crippen LogP contribution < -0.4 is 4.90 Å². The Hall–Kier alpha value is -2.47. The van der Waals surface area contributed by atoms with E-state index in [9.17, 15) is 0 Å². The summed E-state index contributed by atoms with van der Waals surface area (Å²) in [5, 5.41) is 4.58. The Labute approximate surface area is 128 Å². The summed E-state index contributed by atoms with van der Waals surface area (Å²) in [6, 6.07) is 12.2. The molecule has 1 fully saturated rings. The van der Waals surface area contributed by atoms with Crippen molar-refractivity contribution < 1.29 is 4.74 Å². The summed E-state index contributed by atoms with van der Waals surface area (Å²) < 4.78 is 7.18. The van der Waals surface area contributed by atoms with Gasteiger partial charge in [-0.05, 0) is 13.0 Å². The molecule has 1 saturated heterocycles. The van der Waals surface area contributed by atoms with Crippen LogP contribution in [0.5, 0.6) is 0 Å². The molecule has 0 unspecified atom stereocenters. The zero-order chi connectivity index (χ0) is 14.9. The summed E-state index contributed by atoms with van der Waals surface area (Å²) in [5.41, 5.74) is 3.03. The normalized spacial score (nSPS) is 15.4. The fourth-order valence-corrected chi connectivity index (χ4v) is 2.66. The molecule has 0 atom stereocenters. The Morgan fingerprint density at radius 1 is 1.05 bits per heavy atom. The van der Waals surface area contributed by atoms with Crippen molar-refractivity contribution in [2.24, 2.45) is 0 Å². The van der Waals surface area contributed by atoms with Gasteiger partial charge in [-0.15, -0.1) is 5.10 Å². The minimum Gasteiger partial charge on any atom is -0.378 e. The van der Waals surface area contributed by atoms with Gasteiger partial charge >= 0.3 is 0 Å². The molecular weight excluding hydrogens is 278 g/mol. The van der Waals surface area contributed by atoms with Crippen molar-refractivity contribution in [3.63, 3.8) is 0 Å². The molecule has 4 rings (SSSR count). The molecule has 0 aliphatic carbocycles. The van der Waals surface area contributed by atoms with Crippen LogP contribution in [0.15, 0.2) is 36.4 Å². The van der Waals surface area contributed by atoms with Crippen LogP contribution in [-0.4, -0.2) is 45.9 Å². The van der Waals surface area contributed by atoms with E-state index in [1.807, 2.05) is 31.2 Å². The second-order valence-corrected chi connectivity index (χ2v) is 5.37. The number of aryl methyl sites for hydroxylation is 1. The number of anilines is 1. The molecule has 0 spiro atoms. The molecule has 22 heavy (non-hydrogen) atoms. The predicted molar refractivity (Wildman–Crippen MR) is 84.0 cm³/mol. The molecule has 0 N–H and O–H groups in total. The van der Waals surface area contributed by atoms with Gasteiger partial charge in [0.25, 0.3) is 5.78 Å². The molecule has 2 aromatic heterocycles. The van der Waals surface area contributed by atoms with E-state index in [1.165, 1.54) is 0 Å². The van der Waals surface area contributed by atoms with Gasteiger partial charge in [-0.25, -0.2) is 4.98 Å². The lowest BCUT2D eigenvalue weighted by Crippen LogP contribution is -2.36. The first-order valence-corrected chi connectivity index (χ1v) is 7.44.